The molecular weight excluding hydrogens is 426 g/mol. The summed E-state index contributed by atoms with van der Waals surface area (Å²) < 4.78 is 7.41. The Morgan fingerprint density at radius 3 is 2.21 bits per heavy atom. The second kappa shape index (κ2) is 6.72. The van der Waals surface area contributed by atoms with E-state index in [0.29, 0.717) is 5.56 Å². The third kappa shape index (κ3) is 2.33. The maximum Gasteiger partial charge on any atom is 0.330 e. The van der Waals surface area contributed by atoms with Gasteiger partial charge in [0.15, 0.2) is 6.10 Å². The molecule has 7 rings (SSSR count). The van der Waals surface area contributed by atoms with Crippen molar-refractivity contribution in [2.24, 2.45) is 5.92 Å². The standard InChI is InChI=1S/C24H21N3O6/c1-12-10-26(23(30)25-21(12)29)22-20-18-13-6-2-4-8-15(13)19(16-9-5-3-7-14(16)18)24(20,27(31)32)17(11-28)33-22/h2-10,17-20,22,28H,11H2,1H3,(H,25,29,30)/t17-,18?,19?,20+,22-,24-/m1/s1. The molecule has 1 fully saturated rings. The van der Waals surface area contributed by atoms with Gasteiger partial charge in [0.2, 0.25) is 0 Å². The average molecular weight is 447 g/mol. The van der Waals surface area contributed by atoms with E-state index in [9.17, 15) is 24.8 Å². The number of aliphatic hydroxyl groups excluding tert-OH is 1. The van der Waals surface area contributed by atoms with Crippen LogP contribution in [-0.2, 0) is 4.74 Å². The van der Waals surface area contributed by atoms with Gasteiger partial charge in [0.1, 0.15) is 6.23 Å². The number of ether oxygens (including phenoxy) is 1. The van der Waals surface area contributed by atoms with Crippen LogP contribution in [0.3, 0.4) is 0 Å². The summed E-state index contributed by atoms with van der Waals surface area (Å²) in [5.41, 5.74) is 1.01. The quantitative estimate of drug-likeness (QED) is 0.464. The monoisotopic (exact) mass is 447 g/mol. The third-order valence-electron chi connectivity index (χ3n) is 7.67. The molecule has 2 aromatic carbocycles. The van der Waals surface area contributed by atoms with Crippen molar-refractivity contribution in [1.29, 1.82) is 0 Å². The van der Waals surface area contributed by atoms with E-state index >= 15 is 0 Å². The Hall–Kier alpha value is -3.56. The Balaban J connectivity index is 1.71. The van der Waals surface area contributed by atoms with E-state index in [4.69, 9.17) is 4.74 Å². The highest BCUT2D eigenvalue weighted by Crippen LogP contribution is 2.67. The summed E-state index contributed by atoms with van der Waals surface area (Å²) in [5.74, 6) is -1.85. The molecule has 3 aliphatic carbocycles. The highest BCUT2D eigenvalue weighted by Gasteiger charge is 2.77. The Morgan fingerprint density at radius 2 is 1.67 bits per heavy atom. The van der Waals surface area contributed by atoms with Gasteiger partial charge in [-0.1, -0.05) is 48.5 Å². The van der Waals surface area contributed by atoms with Crippen LogP contribution < -0.4 is 11.2 Å². The van der Waals surface area contributed by atoms with Crippen molar-refractivity contribution in [2.45, 2.75) is 36.6 Å². The molecule has 0 amide bonds. The molecule has 9 nitrogen and oxygen atoms in total. The molecular formula is C24H21N3O6. The van der Waals surface area contributed by atoms with E-state index in [1.165, 1.54) is 10.8 Å². The van der Waals surface area contributed by atoms with Crippen molar-refractivity contribution < 1.29 is 14.8 Å². The molecule has 9 heteroatoms. The first-order valence-electron chi connectivity index (χ1n) is 10.8. The lowest BCUT2D eigenvalue weighted by atomic mass is 9.50. The summed E-state index contributed by atoms with van der Waals surface area (Å²) in [5, 5.41) is 23.3. The molecule has 1 saturated heterocycles. The molecule has 2 heterocycles. The van der Waals surface area contributed by atoms with Crippen molar-refractivity contribution in [3.8, 4) is 0 Å². The Labute approximate surface area is 187 Å². The van der Waals surface area contributed by atoms with Gasteiger partial charge in [-0.25, -0.2) is 4.79 Å². The van der Waals surface area contributed by atoms with Crippen LogP contribution in [-0.4, -0.2) is 37.8 Å². The van der Waals surface area contributed by atoms with Gasteiger partial charge in [-0.3, -0.25) is 24.5 Å². The SMILES string of the molecule is Cc1cn([C@@H]2O[C@H](CO)[C@@]3([N+](=O)[O-])C4c5ccccc5C(c5ccccc54)[C@@H]23)c(=O)[nH]c1=O. The van der Waals surface area contributed by atoms with Gasteiger partial charge in [-0.05, 0) is 29.2 Å². The number of nitrogens with one attached hydrogen (secondary N) is 1. The molecule has 0 unspecified atom stereocenters. The molecule has 2 bridgehead atoms. The largest absolute Gasteiger partial charge is 0.393 e. The van der Waals surface area contributed by atoms with Crippen LogP contribution >= 0.6 is 0 Å². The van der Waals surface area contributed by atoms with Gasteiger partial charge >= 0.3 is 5.69 Å². The topological polar surface area (TPSA) is 127 Å². The summed E-state index contributed by atoms with van der Waals surface area (Å²) in [4.78, 5) is 39.7. The lowest BCUT2D eigenvalue weighted by Gasteiger charge is -2.51. The maximum atomic E-state index is 13.0. The normalized spacial score (nSPS) is 31.0. The summed E-state index contributed by atoms with van der Waals surface area (Å²) >= 11 is 0. The molecule has 168 valence electrons. The Kier molecular flexibility index (Phi) is 4.09. The summed E-state index contributed by atoms with van der Waals surface area (Å²) in [7, 11) is 0. The van der Waals surface area contributed by atoms with Crippen molar-refractivity contribution >= 4 is 0 Å². The van der Waals surface area contributed by atoms with Gasteiger partial charge in [0.05, 0.1) is 18.4 Å². The number of nitro groups is 1. The van der Waals surface area contributed by atoms with E-state index in [1.807, 2.05) is 48.5 Å². The molecule has 1 aliphatic heterocycles. The highest BCUT2D eigenvalue weighted by atomic mass is 16.6. The second-order valence-electron chi connectivity index (χ2n) is 9.02. The molecule has 0 spiro atoms. The zero-order valence-corrected chi connectivity index (χ0v) is 17.7. The van der Waals surface area contributed by atoms with Crippen LogP contribution in [0, 0.1) is 23.0 Å². The van der Waals surface area contributed by atoms with Crippen LogP contribution in [0.25, 0.3) is 0 Å². The fraction of sp³-hybridized carbons (Fsp3) is 0.333. The lowest BCUT2D eigenvalue weighted by Crippen LogP contribution is -2.63. The number of aryl methyl sites for hydroxylation is 1. The van der Waals surface area contributed by atoms with Crippen LogP contribution in [0.1, 0.15) is 45.9 Å². The molecule has 2 N–H and O–H groups in total. The number of H-pyrrole nitrogens is 1. The molecule has 0 radical (unpaired) electrons. The number of benzene rings is 2. The average Bonchev–Trinajstić information content (AvgIpc) is 3.18. The van der Waals surface area contributed by atoms with Crippen LogP contribution in [0.2, 0.25) is 0 Å². The van der Waals surface area contributed by atoms with Gasteiger partial charge in [0, 0.05) is 22.6 Å². The third-order valence-corrected chi connectivity index (χ3v) is 7.67. The van der Waals surface area contributed by atoms with Gasteiger partial charge in [-0.15, -0.1) is 0 Å². The number of rotatable bonds is 3. The fourth-order valence-corrected chi connectivity index (χ4v) is 6.50. The van der Waals surface area contributed by atoms with Crippen molar-refractivity contribution in [3.05, 3.63) is 113 Å². The summed E-state index contributed by atoms with van der Waals surface area (Å²) in [6, 6.07) is 15.3. The number of nitrogens with zero attached hydrogens (tertiary/aromatic N) is 2. The summed E-state index contributed by atoms with van der Waals surface area (Å²) in [6.45, 7) is 0.990. The van der Waals surface area contributed by atoms with Crippen molar-refractivity contribution in [3.63, 3.8) is 0 Å². The number of hydrogen-bond donors (Lipinski definition) is 2. The van der Waals surface area contributed by atoms with Gasteiger partial charge in [-0.2, -0.15) is 0 Å². The first-order chi connectivity index (χ1) is 15.9. The Bertz CT molecular complexity index is 1380. The lowest BCUT2D eigenvalue weighted by molar-refractivity contribution is -0.590. The number of hydrogen-bond acceptors (Lipinski definition) is 6. The first kappa shape index (κ1) is 20.1. The second-order valence-corrected chi connectivity index (χ2v) is 9.02. The predicted octanol–water partition coefficient (Wildman–Crippen LogP) is 1.66. The highest BCUT2D eigenvalue weighted by molar-refractivity contribution is 5.59. The van der Waals surface area contributed by atoms with E-state index in [2.05, 4.69) is 4.98 Å². The molecule has 4 atom stereocenters. The number of aromatic nitrogens is 2. The molecule has 0 saturated carbocycles. The predicted molar refractivity (Wildman–Crippen MR) is 117 cm³/mol. The van der Waals surface area contributed by atoms with Crippen molar-refractivity contribution in [1.82, 2.24) is 9.55 Å². The van der Waals surface area contributed by atoms with E-state index in [-0.39, 0.29) is 4.92 Å². The van der Waals surface area contributed by atoms with E-state index in [1.54, 1.807) is 6.92 Å². The minimum atomic E-state index is -1.68. The van der Waals surface area contributed by atoms with E-state index in [0.717, 1.165) is 22.3 Å². The number of aliphatic hydroxyl groups is 1. The summed E-state index contributed by atoms with van der Waals surface area (Å²) in [6.07, 6.45) is -0.795. The van der Waals surface area contributed by atoms with Gasteiger partial charge in [0.25, 0.3) is 11.1 Å². The molecule has 3 aromatic rings. The van der Waals surface area contributed by atoms with Gasteiger partial charge < -0.3 is 9.84 Å². The zero-order chi connectivity index (χ0) is 23.1. The minimum Gasteiger partial charge on any atom is -0.393 e. The first-order valence-corrected chi connectivity index (χ1v) is 10.8. The smallest absolute Gasteiger partial charge is 0.330 e. The minimum absolute atomic E-state index is 0.291. The van der Waals surface area contributed by atoms with E-state index < -0.39 is 53.5 Å². The zero-order valence-electron chi connectivity index (χ0n) is 17.7. The van der Waals surface area contributed by atoms with Crippen LogP contribution in [0.15, 0.2) is 64.3 Å². The van der Waals surface area contributed by atoms with Crippen molar-refractivity contribution in [2.75, 3.05) is 6.61 Å². The maximum absolute atomic E-state index is 13.0. The molecule has 4 aliphatic rings. The van der Waals surface area contributed by atoms with Crippen LogP contribution in [0.4, 0.5) is 0 Å². The fourth-order valence-electron chi connectivity index (χ4n) is 6.50. The molecule has 33 heavy (non-hydrogen) atoms. The van der Waals surface area contributed by atoms with Crippen LogP contribution in [0.5, 0.6) is 0 Å². The molecule has 1 aromatic heterocycles. The Morgan fingerprint density at radius 1 is 1.09 bits per heavy atom. The number of aromatic amines is 1.